The van der Waals surface area contributed by atoms with Gasteiger partial charge in [0.2, 0.25) is 0 Å². The molecule has 0 atom stereocenters. The van der Waals surface area contributed by atoms with E-state index in [2.05, 4.69) is 56.6 Å². The molecule has 0 unspecified atom stereocenters. The van der Waals surface area contributed by atoms with Crippen LogP contribution in [-0.4, -0.2) is 15.3 Å². The Kier molecular flexibility index (Phi) is 4.04. The number of furan rings is 1. The number of nitrogens with one attached hydrogen (secondary N) is 1. The van der Waals surface area contributed by atoms with Crippen LogP contribution in [0.25, 0.3) is 0 Å². The van der Waals surface area contributed by atoms with Gasteiger partial charge in [0.1, 0.15) is 5.76 Å². The van der Waals surface area contributed by atoms with Crippen molar-refractivity contribution in [2.24, 2.45) is 0 Å². The van der Waals surface area contributed by atoms with E-state index in [1.165, 1.54) is 16.8 Å². The van der Waals surface area contributed by atoms with Crippen molar-refractivity contribution in [3.63, 3.8) is 0 Å². The van der Waals surface area contributed by atoms with E-state index >= 15 is 0 Å². The summed E-state index contributed by atoms with van der Waals surface area (Å²) >= 11 is 0. The quantitative estimate of drug-likeness (QED) is 0.930. The summed E-state index contributed by atoms with van der Waals surface area (Å²) in [6.45, 7) is 14.2. The largest absolute Gasteiger partial charge is 0.468 e. The van der Waals surface area contributed by atoms with E-state index in [0.29, 0.717) is 0 Å². The van der Waals surface area contributed by atoms with E-state index in [1.54, 1.807) is 6.26 Å². The lowest BCUT2D eigenvalue weighted by Gasteiger charge is -2.20. The second-order valence-corrected chi connectivity index (χ2v) is 6.43. The molecule has 0 bridgehead atoms. The molecule has 0 amide bonds. The molecule has 2 rings (SSSR count). The molecule has 2 heterocycles. The van der Waals surface area contributed by atoms with Crippen LogP contribution in [0.5, 0.6) is 0 Å². The third-order valence-electron chi connectivity index (χ3n) is 3.68. The highest BCUT2D eigenvalue weighted by Crippen LogP contribution is 2.17. The van der Waals surface area contributed by atoms with Crippen LogP contribution in [0, 0.1) is 20.8 Å². The Balaban J connectivity index is 2.14. The van der Waals surface area contributed by atoms with Gasteiger partial charge in [-0.1, -0.05) is 0 Å². The third kappa shape index (κ3) is 3.31. The van der Waals surface area contributed by atoms with Crippen LogP contribution in [0.15, 0.2) is 16.7 Å². The minimum atomic E-state index is 0.0822. The molecular weight excluding hydrogens is 250 g/mol. The summed E-state index contributed by atoms with van der Waals surface area (Å²) in [6, 6.07) is 2.03. The van der Waals surface area contributed by atoms with Gasteiger partial charge in [-0.15, -0.1) is 0 Å². The molecule has 0 aliphatic heterocycles. The molecule has 110 valence electrons. The first-order valence-electron chi connectivity index (χ1n) is 7.09. The lowest BCUT2D eigenvalue weighted by Crippen LogP contribution is -2.35. The SMILES string of the molecule is Cc1nn(Cc2ccoc2CNC(C)(C)C)c(C)c1C. The summed E-state index contributed by atoms with van der Waals surface area (Å²) in [5.74, 6) is 0.991. The molecule has 0 spiro atoms. The summed E-state index contributed by atoms with van der Waals surface area (Å²) in [7, 11) is 0. The van der Waals surface area contributed by atoms with Crippen molar-refractivity contribution < 1.29 is 4.42 Å². The predicted molar refractivity (Wildman–Crippen MR) is 80.8 cm³/mol. The van der Waals surface area contributed by atoms with Gasteiger partial charge in [-0.2, -0.15) is 5.10 Å². The summed E-state index contributed by atoms with van der Waals surface area (Å²) in [6.07, 6.45) is 1.76. The van der Waals surface area contributed by atoms with E-state index in [9.17, 15) is 0 Å². The first kappa shape index (κ1) is 14.9. The molecule has 4 nitrogen and oxygen atoms in total. The maximum atomic E-state index is 5.61. The van der Waals surface area contributed by atoms with Gasteiger partial charge in [-0.05, 0) is 53.2 Å². The lowest BCUT2D eigenvalue weighted by molar-refractivity contribution is 0.385. The highest BCUT2D eigenvalue weighted by Gasteiger charge is 2.14. The van der Waals surface area contributed by atoms with Gasteiger partial charge in [-0.3, -0.25) is 4.68 Å². The molecule has 2 aromatic heterocycles. The third-order valence-corrected chi connectivity index (χ3v) is 3.68. The topological polar surface area (TPSA) is 43.0 Å². The summed E-state index contributed by atoms with van der Waals surface area (Å²) in [5.41, 5.74) is 4.85. The van der Waals surface area contributed by atoms with Gasteiger partial charge in [0.15, 0.2) is 0 Å². The van der Waals surface area contributed by atoms with Crippen molar-refractivity contribution in [1.29, 1.82) is 0 Å². The predicted octanol–water partition coefficient (Wildman–Crippen LogP) is 3.34. The molecule has 0 fully saturated rings. The Labute approximate surface area is 121 Å². The standard InChI is InChI=1S/C16H25N3O/c1-11-12(2)18-19(13(11)3)10-14-7-8-20-15(14)9-17-16(4,5)6/h7-8,17H,9-10H2,1-6H3. The fraction of sp³-hybridized carbons (Fsp3) is 0.562. The van der Waals surface area contributed by atoms with Crippen LogP contribution in [0.3, 0.4) is 0 Å². The molecule has 2 aromatic rings. The summed E-state index contributed by atoms with van der Waals surface area (Å²) in [5, 5.41) is 8.05. The smallest absolute Gasteiger partial charge is 0.122 e. The van der Waals surface area contributed by atoms with Gasteiger partial charge in [0, 0.05) is 16.8 Å². The fourth-order valence-corrected chi connectivity index (χ4v) is 2.11. The first-order valence-corrected chi connectivity index (χ1v) is 7.09. The lowest BCUT2D eigenvalue weighted by atomic mass is 10.1. The second-order valence-electron chi connectivity index (χ2n) is 6.43. The number of rotatable bonds is 4. The molecule has 0 aromatic carbocycles. The van der Waals surface area contributed by atoms with E-state index in [4.69, 9.17) is 4.42 Å². The molecule has 4 heteroatoms. The normalized spacial score (nSPS) is 12.1. The van der Waals surface area contributed by atoms with Gasteiger partial charge < -0.3 is 9.73 Å². The molecule has 20 heavy (non-hydrogen) atoms. The van der Waals surface area contributed by atoms with Crippen LogP contribution in [-0.2, 0) is 13.1 Å². The van der Waals surface area contributed by atoms with Gasteiger partial charge in [-0.25, -0.2) is 0 Å². The van der Waals surface area contributed by atoms with Crippen LogP contribution < -0.4 is 5.32 Å². The molecule has 0 radical (unpaired) electrons. The number of hydrogen-bond acceptors (Lipinski definition) is 3. The van der Waals surface area contributed by atoms with Crippen molar-refractivity contribution >= 4 is 0 Å². The number of nitrogens with zero attached hydrogens (tertiary/aromatic N) is 2. The highest BCUT2D eigenvalue weighted by atomic mass is 16.3. The minimum Gasteiger partial charge on any atom is -0.468 e. The zero-order valence-electron chi connectivity index (χ0n) is 13.4. The monoisotopic (exact) mass is 275 g/mol. The number of hydrogen-bond donors (Lipinski definition) is 1. The maximum absolute atomic E-state index is 5.61. The second kappa shape index (κ2) is 5.44. The molecular formula is C16H25N3O. The first-order chi connectivity index (χ1) is 9.28. The highest BCUT2D eigenvalue weighted by molar-refractivity contribution is 5.24. The summed E-state index contributed by atoms with van der Waals surface area (Å²) in [4.78, 5) is 0. The maximum Gasteiger partial charge on any atom is 0.122 e. The molecule has 0 aliphatic rings. The zero-order chi connectivity index (χ0) is 14.9. The average molecular weight is 275 g/mol. The average Bonchev–Trinajstić information content (AvgIpc) is 2.88. The van der Waals surface area contributed by atoms with Crippen molar-refractivity contribution in [3.05, 3.63) is 40.6 Å². The Morgan fingerprint density at radius 1 is 1.25 bits per heavy atom. The zero-order valence-corrected chi connectivity index (χ0v) is 13.4. The number of aryl methyl sites for hydroxylation is 1. The van der Waals surface area contributed by atoms with Crippen LogP contribution in [0.1, 0.15) is 49.0 Å². The van der Waals surface area contributed by atoms with Gasteiger partial charge in [0.25, 0.3) is 0 Å². The van der Waals surface area contributed by atoms with E-state index < -0.39 is 0 Å². The van der Waals surface area contributed by atoms with Crippen molar-refractivity contribution in [2.45, 2.75) is 60.2 Å². The van der Waals surface area contributed by atoms with E-state index in [0.717, 1.165) is 24.5 Å². The Hall–Kier alpha value is -1.55. The van der Waals surface area contributed by atoms with Gasteiger partial charge >= 0.3 is 0 Å². The Morgan fingerprint density at radius 3 is 2.50 bits per heavy atom. The fourth-order valence-electron chi connectivity index (χ4n) is 2.11. The van der Waals surface area contributed by atoms with Crippen molar-refractivity contribution in [3.8, 4) is 0 Å². The van der Waals surface area contributed by atoms with Crippen LogP contribution >= 0.6 is 0 Å². The number of aromatic nitrogens is 2. The molecule has 1 N–H and O–H groups in total. The summed E-state index contributed by atoms with van der Waals surface area (Å²) < 4.78 is 7.66. The molecule has 0 saturated carbocycles. The van der Waals surface area contributed by atoms with Crippen LogP contribution in [0.2, 0.25) is 0 Å². The molecule has 0 aliphatic carbocycles. The molecule has 0 saturated heterocycles. The van der Waals surface area contributed by atoms with E-state index in [-0.39, 0.29) is 5.54 Å². The van der Waals surface area contributed by atoms with E-state index in [1.807, 2.05) is 6.07 Å². The van der Waals surface area contributed by atoms with Crippen molar-refractivity contribution in [1.82, 2.24) is 15.1 Å². The minimum absolute atomic E-state index is 0.0822. The Bertz CT molecular complexity index is 587. The van der Waals surface area contributed by atoms with Gasteiger partial charge in [0.05, 0.1) is 25.0 Å². The van der Waals surface area contributed by atoms with Crippen molar-refractivity contribution in [2.75, 3.05) is 0 Å². The Morgan fingerprint density at radius 2 is 1.95 bits per heavy atom. The van der Waals surface area contributed by atoms with Crippen LogP contribution in [0.4, 0.5) is 0 Å².